The van der Waals surface area contributed by atoms with E-state index < -0.39 is 10.9 Å². The molecule has 0 amide bonds. The smallest absolute Gasteiger partial charge is 0.335 e. The Morgan fingerprint density at radius 2 is 2.10 bits per heavy atom. The zero-order valence-corrected chi connectivity index (χ0v) is 10.9. The number of likely N-dealkylation sites (tertiary alicyclic amines) is 1. The summed E-state index contributed by atoms with van der Waals surface area (Å²) in [6.45, 7) is 3.14. The van der Waals surface area contributed by atoms with E-state index in [9.17, 15) is 14.9 Å². The molecule has 1 aliphatic rings. The van der Waals surface area contributed by atoms with Crippen LogP contribution in [-0.2, 0) is 0 Å². The lowest BCUT2D eigenvalue weighted by Gasteiger charge is -2.14. The topological polar surface area (TPSA) is 92.9 Å². The average Bonchev–Trinajstić information content (AvgIpc) is 2.91. The van der Waals surface area contributed by atoms with E-state index in [4.69, 9.17) is 9.84 Å². The van der Waals surface area contributed by atoms with Crippen molar-refractivity contribution in [3.8, 4) is 5.75 Å². The van der Waals surface area contributed by atoms with E-state index in [2.05, 4.69) is 4.90 Å². The summed E-state index contributed by atoms with van der Waals surface area (Å²) in [5.41, 5.74) is -0.435. The molecule has 1 aliphatic heterocycles. The van der Waals surface area contributed by atoms with Crippen molar-refractivity contribution < 1.29 is 19.6 Å². The second kappa shape index (κ2) is 6.33. The molecular weight excluding hydrogens is 264 g/mol. The number of nitro groups is 1. The molecule has 7 nitrogen and oxygen atoms in total. The maximum atomic E-state index is 10.9. The first-order valence-electron chi connectivity index (χ1n) is 6.45. The number of hydrogen-bond acceptors (Lipinski definition) is 5. The zero-order valence-electron chi connectivity index (χ0n) is 10.9. The van der Waals surface area contributed by atoms with Crippen molar-refractivity contribution in [2.24, 2.45) is 0 Å². The van der Waals surface area contributed by atoms with E-state index in [1.807, 2.05) is 0 Å². The molecule has 0 aliphatic carbocycles. The minimum Gasteiger partial charge on any atom is -0.485 e. The van der Waals surface area contributed by atoms with Crippen LogP contribution in [0.25, 0.3) is 0 Å². The van der Waals surface area contributed by atoms with Gasteiger partial charge in [0, 0.05) is 12.6 Å². The summed E-state index contributed by atoms with van der Waals surface area (Å²) in [6.07, 6.45) is 2.35. The van der Waals surface area contributed by atoms with Gasteiger partial charge in [0.2, 0.25) is 0 Å². The molecule has 108 valence electrons. The van der Waals surface area contributed by atoms with Crippen LogP contribution in [0.4, 0.5) is 5.69 Å². The molecule has 0 unspecified atom stereocenters. The standard InChI is InChI=1S/C13H16N2O5/c16-13(17)10-3-4-12(11(9-10)15(18)19)20-8-7-14-5-1-2-6-14/h3-4,9H,1-2,5-8H2,(H,16,17). The highest BCUT2D eigenvalue weighted by molar-refractivity contribution is 5.88. The van der Waals surface area contributed by atoms with Crippen LogP contribution in [0.15, 0.2) is 18.2 Å². The van der Waals surface area contributed by atoms with Gasteiger partial charge in [-0.3, -0.25) is 15.0 Å². The molecule has 1 saturated heterocycles. The molecule has 0 aromatic heterocycles. The van der Waals surface area contributed by atoms with Gasteiger partial charge in [-0.1, -0.05) is 0 Å². The fraction of sp³-hybridized carbons (Fsp3) is 0.462. The molecule has 0 spiro atoms. The molecule has 20 heavy (non-hydrogen) atoms. The van der Waals surface area contributed by atoms with Crippen molar-refractivity contribution in [3.63, 3.8) is 0 Å². The maximum absolute atomic E-state index is 10.9. The predicted molar refractivity (Wildman–Crippen MR) is 71.2 cm³/mol. The summed E-state index contributed by atoms with van der Waals surface area (Å²) in [5.74, 6) is -1.09. The van der Waals surface area contributed by atoms with Gasteiger partial charge in [0.1, 0.15) is 6.61 Å². The van der Waals surface area contributed by atoms with Crippen LogP contribution in [-0.4, -0.2) is 47.1 Å². The first-order chi connectivity index (χ1) is 9.58. The number of benzene rings is 1. The minimum atomic E-state index is -1.20. The van der Waals surface area contributed by atoms with E-state index in [0.717, 1.165) is 25.7 Å². The van der Waals surface area contributed by atoms with Crippen LogP contribution in [0, 0.1) is 10.1 Å². The molecule has 1 N–H and O–H groups in total. The van der Waals surface area contributed by atoms with Gasteiger partial charge in [0.15, 0.2) is 5.75 Å². The molecule has 1 fully saturated rings. The minimum absolute atomic E-state index is 0.110. The molecule has 1 aromatic rings. The third-order valence-electron chi connectivity index (χ3n) is 3.27. The molecule has 0 atom stereocenters. The largest absolute Gasteiger partial charge is 0.485 e. The Morgan fingerprint density at radius 3 is 2.70 bits per heavy atom. The highest BCUT2D eigenvalue weighted by Gasteiger charge is 2.19. The summed E-state index contributed by atoms with van der Waals surface area (Å²) in [4.78, 5) is 23.3. The molecule has 2 rings (SSSR count). The van der Waals surface area contributed by atoms with Crippen LogP contribution in [0.2, 0.25) is 0 Å². The first-order valence-corrected chi connectivity index (χ1v) is 6.45. The molecule has 0 bridgehead atoms. The van der Waals surface area contributed by atoms with Crippen LogP contribution in [0.3, 0.4) is 0 Å². The summed E-state index contributed by atoms with van der Waals surface area (Å²) in [5, 5.41) is 19.8. The number of aromatic carboxylic acids is 1. The summed E-state index contributed by atoms with van der Waals surface area (Å²) in [7, 11) is 0. The second-order valence-corrected chi connectivity index (χ2v) is 4.64. The van der Waals surface area contributed by atoms with E-state index in [-0.39, 0.29) is 17.0 Å². The van der Waals surface area contributed by atoms with Gasteiger partial charge < -0.3 is 9.84 Å². The van der Waals surface area contributed by atoms with Crippen LogP contribution < -0.4 is 4.74 Å². The monoisotopic (exact) mass is 280 g/mol. The number of ether oxygens (including phenoxy) is 1. The molecule has 1 aromatic carbocycles. The van der Waals surface area contributed by atoms with Gasteiger partial charge in [-0.05, 0) is 38.1 Å². The number of nitrogens with zero attached hydrogens (tertiary/aromatic N) is 2. The number of carbonyl (C=O) groups is 1. The van der Waals surface area contributed by atoms with Crippen molar-refractivity contribution in [1.82, 2.24) is 4.90 Å². The molecule has 0 saturated carbocycles. The lowest BCUT2D eigenvalue weighted by molar-refractivity contribution is -0.385. The fourth-order valence-electron chi connectivity index (χ4n) is 2.21. The summed E-state index contributed by atoms with van der Waals surface area (Å²) < 4.78 is 5.42. The van der Waals surface area contributed by atoms with Gasteiger partial charge in [-0.2, -0.15) is 0 Å². The van der Waals surface area contributed by atoms with Gasteiger partial charge in [0.05, 0.1) is 10.5 Å². The van der Waals surface area contributed by atoms with Crippen molar-refractivity contribution in [1.29, 1.82) is 0 Å². The maximum Gasteiger partial charge on any atom is 0.335 e. The van der Waals surface area contributed by atoms with Crippen LogP contribution in [0.1, 0.15) is 23.2 Å². The third-order valence-corrected chi connectivity index (χ3v) is 3.27. The van der Waals surface area contributed by atoms with E-state index in [0.29, 0.717) is 6.61 Å². The van der Waals surface area contributed by atoms with Crippen molar-refractivity contribution in [2.45, 2.75) is 12.8 Å². The van der Waals surface area contributed by atoms with Gasteiger partial charge >= 0.3 is 11.7 Å². The molecule has 0 radical (unpaired) electrons. The number of hydrogen-bond donors (Lipinski definition) is 1. The number of rotatable bonds is 6. The fourth-order valence-corrected chi connectivity index (χ4v) is 2.21. The lowest BCUT2D eigenvalue weighted by Crippen LogP contribution is -2.25. The SMILES string of the molecule is O=C(O)c1ccc(OCCN2CCCC2)c([N+](=O)[O-])c1. The first kappa shape index (κ1) is 14.3. The second-order valence-electron chi connectivity index (χ2n) is 4.64. The highest BCUT2D eigenvalue weighted by Crippen LogP contribution is 2.28. The van der Waals surface area contributed by atoms with Gasteiger partial charge in [-0.15, -0.1) is 0 Å². The Hall–Kier alpha value is -2.15. The Labute approximate surface area is 115 Å². The van der Waals surface area contributed by atoms with E-state index in [1.54, 1.807) is 0 Å². The Kier molecular flexibility index (Phi) is 4.52. The molecule has 7 heteroatoms. The van der Waals surface area contributed by atoms with E-state index in [1.165, 1.54) is 25.0 Å². The number of carboxylic acid groups (broad SMARTS) is 1. The van der Waals surface area contributed by atoms with Crippen LogP contribution >= 0.6 is 0 Å². The van der Waals surface area contributed by atoms with Gasteiger partial charge in [0.25, 0.3) is 0 Å². The van der Waals surface area contributed by atoms with Crippen molar-refractivity contribution in [3.05, 3.63) is 33.9 Å². The normalized spacial score (nSPS) is 15.2. The lowest BCUT2D eigenvalue weighted by atomic mass is 10.2. The summed E-state index contributed by atoms with van der Waals surface area (Å²) >= 11 is 0. The summed E-state index contributed by atoms with van der Waals surface area (Å²) in [6, 6.07) is 3.67. The number of nitro benzene ring substituents is 1. The highest BCUT2D eigenvalue weighted by atomic mass is 16.6. The third kappa shape index (κ3) is 3.45. The number of carboxylic acids is 1. The Balaban J connectivity index is 2.02. The Bertz CT molecular complexity index is 511. The predicted octanol–water partition coefficient (Wildman–Crippen LogP) is 1.77. The van der Waals surface area contributed by atoms with Crippen LogP contribution in [0.5, 0.6) is 5.75 Å². The average molecular weight is 280 g/mol. The van der Waals surface area contributed by atoms with E-state index >= 15 is 0 Å². The Morgan fingerprint density at radius 1 is 1.40 bits per heavy atom. The van der Waals surface area contributed by atoms with Crippen molar-refractivity contribution in [2.75, 3.05) is 26.2 Å². The van der Waals surface area contributed by atoms with Gasteiger partial charge in [-0.25, -0.2) is 4.79 Å². The quantitative estimate of drug-likeness (QED) is 0.630. The molecular formula is C13H16N2O5. The molecule has 1 heterocycles. The zero-order chi connectivity index (χ0) is 14.5. The van der Waals surface area contributed by atoms with Crippen molar-refractivity contribution >= 4 is 11.7 Å².